The Morgan fingerprint density at radius 2 is 2.22 bits per heavy atom. The molecule has 0 aliphatic carbocycles. The van der Waals surface area contributed by atoms with E-state index in [1.54, 1.807) is 0 Å². The van der Waals surface area contributed by atoms with E-state index < -0.39 is 0 Å². The number of nitrogens with one attached hydrogen (secondary N) is 2. The van der Waals surface area contributed by atoms with Gasteiger partial charge in [-0.3, -0.25) is 9.88 Å². The Labute approximate surface area is 137 Å². The zero-order valence-corrected chi connectivity index (χ0v) is 13.8. The van der Waals surface area contributed by atoms with Crippen molar-refractivity contribution in [1.29, 1.82) is 0 Å². The van der Waals surface area contributed by atoms with Gasteiger partial charge in [-0.05, 0) is 45.4 Å². The van der Waals surface area contributed by atoms with Crippen LogP contribution in [0.1, 0.15) is 25.5 Å². The van der Waals surface area contributed by atoms with Crippen LogP contribution in [-0.2, 0) is 0 Å². The molecule has 23 heavy (non-hydrogen) atoms. The van der Waals surface area contributed by atoms with E-state index in [1.807, 2.05) is 37.3 Å². The molecule has 0 saturated carbocycles. The van der Waals surface area contributed by atoms with Crippen molar-refractivity contribution in [2.75, 3.05) is 25.0 Å². The second-order valence-corrected chi connectivity index (χ2v) is 6.24. The summed E-state index contributed by atoms with van der Waals surface area (Å²) in [5, 5.41) is 6.86. The smallest absolute Gasteiger partial charge is 0.319 e. The second kappa shape index (κ2) is 6.96. The number of pyridine rings is 1. The predicted octanol–water partition coefficient (Wildman–Crippen LogP) is 3.15. The van der Waals surface area contributed by atoms with Crippen molar-refractivity contribution in [3.05, 3.63) is 36.0 Å². The first-order chi connectivity index (χ1) is 11.1. The van der Waals surface area contributed by atoms with Gasteiger partial charge in [-0.2, -0.15) is 0 Å². The van der Waals surface area contributed by atoms with Gasteiger partial charge in [0, 0.05) is 30.2 Å². The second-order valence-electron chi connectivity index (χ2n) is 6.24. The number of nitrogens with zero attached hydrogens (tertiary/aromatic N) is 2. The molecule has 0 radical (unpaired) electrons. The number of rotatable bonds is 4. The van der Waals surface area contributed by atoms with Crippen LogP contribution in [0.5, 0.6) is 0 Å². The minimum atomic E-state index is -0.160. The van der Waals surface area contributed by atoms with Crippen LogP contribution in [0.4, 0.5) is 10.5 Å². The predicted molar refractivity (Wildman–Crippen MR) is 93.8 cm³/mol. The fraction of sp³-hybridized carbons (Fsp3) is 0.444. The minimum Gasteiger partial charge on any atom is -0.337 e. The zero-order valence-electron chi connectivity index (χ0n) is 13.8. The van der Waals surface area contributed by atoms with Crippen molar-refractivity contribution in [3.63, 3.8) is 0 Å². The number of likely N-dealkylation sites (tertiary alicyclic amines) is 1. The van der Waals surface area contributed by atoms with Gasteiger partial charge in [-0.25, -0.2) is 4.79 Å². The van der Waals surface area contributed by atoms with Crippen molar-refractivity contribution in [2.24, 2.45) is 0 Å². The van der Waals surface area contributed by atoms with E-state index in [0.29, 0.717) is 12.6 Å². The summed E-state index contributed by atoms with van der Waals surface area (Å²) < 4.78 is 0. The summed E-state index contributed by atoms with van der Waals surface area (Å²) in [5.74, 6) is 0. The monoisotopic (exact) mass is 312 g/mol. The molecule has 1 aliphatic heterocycles. The average Bonchev–Trinajstić information content (AvgIpc) is 2.92. The van der Waals surface area contributed by atoms with Crippen molar-refractivity contribution in [1.82, 2.24) is 15.2 Å². The number of urea groups is 1. The van der Waals surface area contributed by atoms with Crippen molar-refractivity contribution < 1.29 is 4.79 Å². The van der Waals surface area contributed by atoms with E-state index in [9.17, 15) is 4.79 Å². The maximum absolute atomic E-state index is 12.2. The van der Waals surface area contributed by atoms with Gasteiger partial charge >= 0.3 is 6.03 Å². The van der Waals surface area contributed by atoms with Crippen LogP contribution in [0.3, 0.4) is 0 Å². The van der Waals surface area contributed by atoms with E-state index in [-0.39, 0.29) is 6.03 Å². The number of carbonyl (C=O) groups is 1. The normalized spacial score (nSPS) is 18.3. The van der Waals surface area contributed by atoms with Crippen molar-refractivity contribution in [2.45, 2.75) is 32.7 Å². The Kier molecular flexibility index (Phi) is 4.76. The lowest BCUT2D eigenvalue weighted by Gasteiger charge is -2.21. The summed E-state index contributed by atoms with van der Waals surface area (Å²) >= 11 is 0. The molecule has 3 rings (SSSR count). The summed E-state index contributed by atoms with van der Waals surface area (Å²) in [6.45, 7) is 6.89. The fourth-order valence-corrected chi connectivity index (χ4v) is 3.22. The Bertz CT molecular complexity index is 700. The van der Waals surface area contributed by atoms with Crippen LogP contribution >= 0.6 is 0 Å². The number of hydrogen-bond acceptors (Lipinski definition) is 3. The molecule has 122 valence electrons. The Balaban J connectivity index is 1.59. The number of fused-ring (bicyclic) bond motifs is 1. The van der Waals surface area contributed by atoms with Gasteiger partial charge in [0.1, 0.15) is 0 Å². The molecular weight excluding hydrogens is 288 g/mol. The number of carbonyl (C=O) groups excluding carboxylic acids is 1. The SMILES string of the molecule is Cc1cc(NC(=O)NCCN2CCCC2C)c2ccccc2n1. The molecule has 2 aromatic rings. The summed E-state index contributed by atoms with van der Waals surface area (Å²) in [6.07, 6.45) is 2.52. The maximum atomic E-state index is 12.2. The number of benzene rings is 1. The molecule has 1 unspecified atom stereocenters. The number of para-hydroxylation sites is 1. The largest absolute Gasteiger partial charge is 0.337 e. The highest BCUT2D eigenvalue weighted by molar-refractivity contribution is 6.00. The first-order valence-electron chi connectivity index (χ1n) is 8.29. The van der Waals surface area contributed by atoms with Crippen LogP contribution in [0, 0.1) is 6.92 Å². The first-order valence-corrected chi connectivity index (χ1v) is 8.29. The Morgan fingerprint density at radius 3 is 3.00 bits per heavy atom. The van der Waals surface area contributed by atoms with Crippen LogP contribution in [0.2, 0.25) is 0 Å². The molecule has 0 spiro atoms. The molecule has 0 bridgehead atoms. The van der Waals surface area contributed by atoms with Crippen LogP contribution in [-0.4, -0.2) is 41.6 Å². The van der Waals surface area contributed by atoms with Crippen molar-refractivity contribution in [3.8, 4) is 0 Å². The Morgan fingerprint density at radius 1 is 1.39 bits per heavy atom. The molecule has 5 nitrogen and oxygen atoms in total. The number of amides is 2. The quantitative estimate of drug-likeness (QED) is 0.912. The van der Waals surface area contributed by atoms with E-state index in [0.717, 1.165) is 35.4 Å². The van der Waals surface area contributed by atoms with Gasteiger partial charge in [-0.1, -0.05) is 18.2 Å². The van der Waals surface area contributed by atoms with Gasteiger partial charge < -0.3 is 10.6 Å². The highest BCUT2D eigenvalue weighted by Crippen LogP contribution is 2.22. The zero-order chi connectivity index (χ0) is 16.2. The highest BCUT2D eigenvalue weighted by atomic mass is 16.2. The van der Waals surface area contributed by atoms with Gasteiger partial charge in [0.25, 0.3) is 0 Å². The van der Waals surface area contributed by atoms with Gasteiger partial charge in [0.2, 0.25) is 0 Å². The lowest BCUT2D eigenvalue weighted by atomic mass is 10.1. The molecule has 2 N–H and O–H groups in total. The summed E-state index contributed by atoms with van der Waals surface area (Å²) in [4.78, 5) is 19.1. The van der Waals surface area contributed by atoms with Crippen LogP contribution < -0.4 is 10.6 Å². The third-order valence-electron chi connectivity index (χ3n) is 4.47. The molecule has 2 heterocycles. The standard InChI is InChI=1S/C18H24N4O/c1-13-12-17(15-7-3-4-8-16(15)20-13)21-18(23)19-9-11-22-10-5-6-14(22)2/h3-4,7-8,12,14H,5-6,9-11H2,1-2H3,(H2,19,20,21,23). The molecule has 1 aliphatic rings. The lowest BCUT2D eigenvalue weighted by Crippen LogP contribution is -2.38. The molecule has 1 atom stereocenters. The molecule has 5 heteroatoms. The minimum absolute atomic E-state index is 0.160. The lowest BCUT2D eigenvalue weighted by molar-refractivity contribution is 0.243. The molecule has 1 aromatic heterocycles. The van der Waals surface area contributed by atoms with Crippen LogP contribution in [0.15, 0.2) is 30.3 Å². The molecule has 1 aromatic carbocycles. The maximum Gasteiger partial charge on any atom is 0.319 e. The van der Waals surface area contributed by atoms with E-state index >= 15 is 0 Å². The Hall–Kier alpha value is -2.14. The van der Waals surface area contributed by atoms with E-state index in [1.165, 1.54) is 12.8 Å². The van der Waals surface area contributed by atoms with Crippen molar-refractivity contribution >= 4 is 22.6 Å². The summed E-state index contributed by atoms with van der Waals surface area (Å²) in [5.41, 5.74) is 2.60. The average molecular weight is 312 g/mol. The van der Waals surface area contributed by atoms with E-state index in [4.69, 9.17) is 0 Å². The summed E-state index contributed by atoms with van der Waals surface area (Å²) in [7, 11) is 0. The highest BCUT2D eigenvalue weighted by Gasteiger charge is 2.19. The molecule has 1 fully saturated rings. The van der Waals surface area contributed by atoms with Crippen LogP contribution in [0.25, 0.3) is 10.9 Å². The number of aromatic nitrogens is 1. The number of aryl methyl sites for hydroxylation is 1. The number of hydrogen-bond donors (Lipinski definition) is 2. The molecular formula is C18H24N4O. The fourth-order valence-electron chi connectivity index (χ4n) is 3.22. The topological polar surface area (TPSA) is 57.3 Å². The third kappa shape index (κ3) is 3.79. The van der Waals surface area contributed by atoms with E-state index in [2.05, 4.69) is 27.4 Å². The van der Waals surface area contributed by atoms with Gasteiger partial charge in [-0.15, -0.1) is 0 Å². The van der Waals surface area contributed by atoms with Gasteiger partial charge in [0.05, 0.1) is 11.2 Å². The molecule has 1 saturated heterocycles. The van der Waals surface area contributed by atoms with Gasteiger partial charge in [0.15, 0.2) is 0 Å². The third-order valence-corrected chi connectivity index (χ3v) is 4.47. The molecule has 2 amide bonds. The number of anilines is 1. The summed E-state index contributed by atoms with van der Waals surface area (Å²) in [6, 6.07) is 10.2. The first kappa shape index (κ1) is 15.7.